The molecule has 0 saturated carbocycles. The first-order valence-corrected chi connectivity index (χ1v) is 6.27. The first-order chi connectivity index (χ1) is 8.13. The lowest BCUT2D eigenvalue weighted by Crippen LogP contribution is -2.31. The summed E-state index contributed by atoms with van der Waals surface area (Å²) in [4.78, 5) is 0. The van der Waals surface area contributed by atoms with E-state index >= 15 is 0 Å². The van der Waals surface area contributed by atoms with Crippen molar-refractivity contribution in [3.05, 3.63) is 23.3 Å². The van der Waals surface area contributed by atoms with Gasteiger partial charge in [-0.05, 0) is 30.4 Å². The van der Waals surface area contributed by atoms with Crippen LogP contribution in [0.15, 0.2) is 12.1 Å². The van der Waals surface area contributed by atoms with Crippen LogP contribution in [0.2, 0.25) is 0 Å². The van der Waals surface area contributed by atoms with Crippen molar-refractivity contribution in [2.45, 2.75) is 39.2 Å². The summed E-state index contributed by atoms with van der Waals surface area (Å²) in [7, 11) is 0. The molecular weight excluding hydrogens is 216 g/mol. The van der Waals surface area contributed by atoms with Gasteiger partial charge in [0.05, 0.1) is 6.10 Å². The summed E-state index contributed by atoms with van der Waals surface area (Å²) in [5.41, 5.74) is 1.98. The largest absolute Gasteiger partial charge is 0.504 e. The fourth-order valence-electron chi connectivity index (χ4n) is 2.46. The Morgan fingerprint density at radius 3 is 2.76 bits per heavy atom. The van der Waals surface area contributed by atoms with Crippen molar-refractivity contribution < 1.29 is 14.9 Å². The SMILES string of the molecule is CCCO[C@@H]1Cc2c(ccc(O)c2O)C[C@H]1C. The highest BCUT2D eigenvalue weighted by Gasteiger charge is 2.28. The van der Waals surface area contributed by atoms with Gasteiger partial charge in [0.15, 0.2) is 11.5 Å². The maximum absolute atomic E-state index is 9.87. The zero-order valence-corrected chi connectivity index (χ0v) is 10.4. The summed E-state index contributed by atoms with van der Waals surface area (Å²) in [6.07, 6.45) is 2.74. The van der Waals surface area contributed by atoms with E-state index in [9.17, 15) is 10.2 Å². The lowest BCUT2D eigenvalue weighted by Gasteiger charge is -2.31. The van der Waals surface area contributed by atoms with Gasteiger partial charge in [-0.1, -0.05) is 19.9 Å². The minimum atomic E-state index is -0.0347. The van der Waals surface area contributed by atoms with Crippen LogP contribution in [0.3, 0.4) is 0 Å². The molecule has 17 heavy (non-hydrogen) atoms. The topological polar surface area (TPSA) is 49.7 Å². The van der Waals surface area contributed by atoms with Gasteiger partial charge in [0.2, 0.25) is 0 Å². The molecule has 0 saturated heterocycles. The molecule has 2 atom stereocenters. The summed E-state index contributed by atoms with van der Waals surface area (Å²) < 4.78 is 5.80. The second-order valence-corrected chi connectivity index (χ2v) is 4.87. The molecule has 2 N–H and O–H groups in total. The average Bonchev–Trinajstić information content (AvgIpc) is 2.32. The Hall–Kier alpha value is -1.22. The Bertz CT molecular complexity index is 401. The van der Waals surface area contributed by atoms with Crippen LogP contribution in [-0.4, -0.2) is 22.9 Å². The molecule has 1 aromatic rings. The van der Waals surface area contributed by atoms with Gasteiger partial charge in [0.25, 0.3) is 0 Å². The fourth-order valence-corrected chi connectivity index (χ4v) is 2.46. The van der Waals surface area contributed by atoms with Gasteiger partial charge in [0.1, 0.15) is 0 Å². The first-order valence-electron chi connectivity index (χ1n) is 6.27. The van der Waals surface area contributed by atoms with Crippen LogP contribution in [0.4, 0.5) is 0 Å². The zero-order chi connectivity index (χ0) is 12.4. The molecule has 0 bridgehead atoms. The molecule has 0 unspecified atom stereocenters. The Balaban J connectivity index is 2.23. The molecule has 0 spiro atoms. The van der Waals surface area contributed by atoms with Crippen molar-refractivity contribution in [1.29, 1.82) is 0 Å². The van der Waals surface area contributed by atoms with E-state index in [4.69, 9.17) is 4.74 Å². The van der Waals surface area contributed by atoms with Crippen LogP contribution in [-0.2, 0) is 17.6 Å². The Labute approximate surface area is 102 Å². The predicted molar refractivity (Wildman–Crippen MR) is 66.4 cm³/mol. The summed E-state index contributed by atoms with van der Waals surface area (Å²) >= 11 is 0. The number of aromatic hydroxyl groups is 2. The second kappa shape index (κ2) is 4.96. The van der Waals surface area contributed by atoms with Crippen LogP contribution in [0.5, 0.6) is 11.5 Å². The molecule has 0 radical (unpaired) electrons. The van der Waals surface area contributed by atoms with Crippen molar-refractivity contribution in [3.63, 3.8) is 0 Å². The van der Waals surface area contributed by atoms with Gasteiger partial charge in [-0.25, -0.2) is 0 Å². The molecule has 3 heteroatoms. The standard InChI is InChI=1S/C14H20O3/c1-3-6-17-13-8-11-10(7-9(13)2)4-5-12(15)14(11)16/h4-5,9,13,15-16H,3,6-8H2,1-2H3/t9-,13-/m1/s1. The normalized spacial score (nSPS) is 23.4. The molecule has 2 rings (SSSR count). The number of benzene rings is 1. The smallest absolute Gasteiger partial charge is 0.161 e. The molecule has 3 nitrogen and oxygen atoms in total. The molecular formula is C14H20O3. The van der Waals surface area contributed by atoms with E-state index in [2.05, 4.69) is 13.8 Å². The van der Waals surface area contributed by atoms with E-state index in [-0.39, 0.29) is 17.6 Å². The molecule has 0 fully saturated rings. The predicted octanol–water partition coefficient (Wildman–Crippen LogP) is 2.63. The third-order valence-corrected chi connectivity index (χ3v) is 3.48. The number of fused-ring (bicyclic) bond motifs is 1. The van der Waals surface area contributed by atoms with Crippen molar-refractivity contribution in [3.8, 4) is 11.5 Å². The number of hydrogen-bond acceptors (Lipinski definition) is 3. The van der Waals surface area contributed by atoms with Crippen LogP contribution < -0.4 is 0 Å². The summed E-state index contributed by atoms with van der Waals surface area (Å²) in [6, 6.07) is 3.46. The van der Waals surface area contributed by atoms with Gasteiger partial charge < -0.3 is 14.9 Å². The lowest BCUT2D eigenvalue weighted by atomic mass is 9.82. The molecule has 0 heterocycles. The van der Waals surface area contributed by atoms with E-state index in [1.807, 2.05) is 6.07 Å². The fraction of sp³-hybridized carbons (Fsp3) is 0.571. The van der Waals surface area contributed by atoms with E-state index in [0.29, 0.717) is 12.3 Å². The summed E-state index contributed by atoms with van der Waals surface area (Å²) in [6.45, 7) is 5.02. The van der Waals surface area contributed by atoms with Gasteiger partial charge in [0, 0.05) is 18.6 Å². The van der Waals surface area contributed by atoms with E-state index in [1.54, 1.807) is 6.07 Å². The van der Waals surface area contributed by atoms with E-state index in [0.717, 1.165) is 30.6 Å². The van der Waals surface area contributed by atoms with Crippen molar-refractivity contribution in [1.82, 2.24) is 0 Å². The number of hydrogen-bond donors (Lipinski definition) is 2. The third-order valence-electron chi connectivity index (χ3n) is 3.48. The monoisotopic (exact) mass is 236 g/mol. The number of phenolic OH excluding ortho intramolecular Hbond substituents is 2. The molecule has 1 aliphatic carbocycles. The molecule has 0 aliphatic heterocycles. The number of ether oxygens (including phenoxy) is 1. The minimum absolute atomic E-state index is 0.0273. The van der Waals surface area contributed by atoms with Crippen LogP contribution in [0.25, 0.3) is 0 Å². The van der Waals surface area contributed by atoms with Gasteiger partial charge in [-0.15, -0.1) is 0 Å². The van der Waals surface area contributed by atoms with Crippen LogP contribution in [0.1, 0.15) is 31.4 Å². The van der Waals surface area contributed by atoms with Gasteiger partial charge >= 0.3 is 0 Å². The van der Waals surface area contributed by atoms with E-state index in [1.165, 1.54) is 0 Å². The molecule has 1 aliphatic rings. The Kier molecular flexibility index (Phi) is 3.57. The first kappa shape index (κ1) is 12.2. The number of phenols is 2. The average molecular weight is 236 g/mol. The maximum Gasteiger partial charge on any atom is 0.161 e. The van der Waals surface area contributed by atoms with Crippen molar-refractivity contribution in [2.24, 2.45) is 5.92 Å². The number of rotatable bonds is 3. The lowest BCUT2D eigenvalue weighted by molar-refractivity contribution is 0.0129. The van der Waals surface area contributed by atoms with Gasteiger partial charge in [-0.2, -0.15) is 0 Å². The van der Waals surface area contributed by atoms with Crippen molar-refractivity contribution >= 4 is 0 Å². The highest BCUT2D eigenvalue weighted by molar-refractivity contribution is 5.50. The minimum Gasteiger partial charge on any atom is -0.504 e. The Morgan fingerprint density at radius 1 is 1.29 bits per heavy atom. The van der Waals surface area contributed by atoms with E-state index < -0.39 is 0 Å². The quantitative estimate of drug-likeness (QED) is 0.793. The molecule has 0 aromatic heterocycles. The summed E-state index contributed by atoms with van der Waals surface area (Å²) in [5.74, 6) is 0.449. The zero-order valence-electron chi connectivity index (χ0n) is 10.4. The Morgan fingerprint density at radius 2 is 2.06 bits per heavy atom. The van der Waals surface area contributed by atoms with Crippen LogP contribution in [0, 0.1) is 5.92 Å². The van der Waals surface area contributed by atoms with Gasteiger partial charge in [-0.3, -0.25) is 0 Å². The highest BCUT2D eigenvalue weighted by Crippen LogP contribution is 2.38. The second-order valence-electron chi connectivity index (χ2n) is 4.87. The van der Waals surface area contributed by atoms with Crippen molar-refractivity contribution in [2.75, 3.05) is 6.61 Å². The molecule has 94 valence electrons. The van der Waals surface area contributed by atoms with Crippen LogP contribution >= 0.6 is 0 Å². The molecule has 0 amide bonds. The highest BCUT2D eigenvalue weighted by atomic mass is 16.5. The third kappa shape index (κ3) is 2.39. The maximum atomic E-state index is 9.87. The summed E-state index contributed by atoms with van der Waals surface area (Å²) in [5, 5.41) is 19.4. The molecule has 1 aromatic carbocycles.